The minimum Gasteiger partial charge on any atom is -0.469 e. The number of methoxy groups -OCH3 is 1. The first kappa shape index (κ1) is 16.2. The topological polar surface area (TPSA) is 38.3 Å². The molecule has 0 bridgehead atoms. The monoisotopic (exact) mass is 327 g/mol. The molecule has 1 aromatic rings. The van der Waals surface area contributed by atoms with Crippen LogP contribution < -0.4 is 5.32 Å². The molecule has 1 rings (SSSR count). The smallest absolute Gasteiger partial charge is 0.305 e. The van der Waals surface area contributed by atoms with E-state index in [1.165, 1.54) is 12.7 Å². The third kappa shape index (κ3) is 5.33. The van der Waals surface area contributed by atoms with Gasteiger partial charge in [0.2, 0.25) is 0 Å². The van der Waals surface area contributed by atoms with Crippen LogP contribution in [0.5, 0.6) is 0 Å². The van der Waals surface area contributed by atoms with Crippen molar-refractivity contribution in [3.8, 4) is 0 Å². The van der Waals surface area contributed by atoms with E-state index in [2.05, 4.69) is 58.0 Å². The zero-order chi connectivity index (χ0) is 14.3. The van der Waals surface area contributed by atoms with Crippen molar-refractivity contribution in [1.29, 1.82) is 0 Å². The summed E-state index contributed by atoms with van der Waals surface area (Å²) in [4.78, 5) is 11.0. The van der Waals surface area contributed by atoms with Gasteiger partial charge in [0.1, 0.15) is 0 Å². The summed E-state index contributed by atoms with van der Waals surface area (Å²) in [5.74, 6) is -0.146. The number of hydrogen-bond acceptors (Lipinski definition) is 3. The number of nitrogens with one attached hydrogen (secondary N) is 1. The number of esters is 1. The van der Waals surface area contributed by atoms with E-state index in [0.29, 0.717) is 6.42 Å². The molecule has 0 heterocycles. The van der Waals surface area contributed by atoms with Gasteiger partial charge in [-0.15, -0.1) is 0 Å². The molecule has 3 nitrogen and oxygen atoms in total. The van der Waals surface area contributed by atoms with Gasteiger partial charge in [0.15, 0.2) is 0 Å². The molecule has 0 aliphatic heterocycles. The summed E-state index contributed by atoms with van der Waals surface area (Å²) in [7, 11) is 1.42. The lowest BCUT2D eigenvalue weighted by atomic mass is 9.84. The number of ether oxygens (including phenoxy) is 1. The zero-order valence-corrected chi connectivity index (χ0v) is 13.4. The molecule has 0 unspecified atom stereocenters. The van der Waals surface area contributed by atoms with Crippen molar-refractivity contribution in [3.63, 3.8) is 0 Å². The first-order valence-corrected chi connectivity index (χ1v) is 7.29. The maximum absolute atomic E-state index is 11.0. The third-order valence-electron chi connectivity index (χ3n) is 3.13. The molecule has 0 saturated carbocycles. The van der Waals surface area contributed by atoms with E-state index in [4.69, 9.17) is 0 Å². The van der Waals surface area contributed by atoms with Gasteiger partial charge in [-0.25, -0.2) is 0 Å². The number of carbonyl (C=O) groups is 1. The predicted molar refractivity (Wildman–Crippen MR) is 81.3 cm³/mol. The number of carbonyl (C=O) groups excluding carboxylic acids is 1. The summed E-state index contributed by atoms with van der Waals surface area (Å²) in [6, 6.07) is 8.28. The second-order valence-corrected chi connectivity index (χ2v) is 6.07. The molecule has 1 aromatic carbocycles. The van der Waals surface area contributed by atoms with Gasteiger partial charge in [0.05, 0.1) is 7.11 Å². The summed E-state index contributed by atoms with van der Waals surface area (Å²) in [6.07, 6.45) is 1.28. The van der Waals surface area contributed by atoms with E-state index in [1.807, 2.05) is 6.07 Å². The normalized spacial score (nSPS) is 11.4. The van der Waals surface area contributed by atoms with E-state index >= 15 is 0 Å². The van der Waals surface area contributed by atoms with Crippen LogP contribution >= 0.6 is 15.9 Å². The van der Waals surface area contributed by atoms with Crippen molar-refractivity contribution in [1.82, 2.24) is 5.32 Å². The minimum atomic E-state index is -0.146. The van der Waals surface area contributed by atoms with Crippen molar-refractivity contribution in [2.75, 3.05) is 20.2 Å². The summed E-state index contributed by atoms with van der Waals surface area (Å²) in [6.45, 7) is 6.11. The van der Waals surface area contributed by atoms with Crippen LogP contribution in [0.25, 0.3) is 0 Å². The maximum atomic E-state index is 11.0. The molecule has 0 saturated heterocycles. The Bertz CT molecular complexity index is 418. The summed E-state index contributed by atoms with van der Waals surface area (Å²) in [5.41, 5.74) is 1.33. The highest BCUT2D eigenvalue weighted by molar-refractivity contribution is 9.10. The van der Waals surface area contributed by atoms with Gasteiger partial charge >= 0.3 is 5.97 Å². The Balaban J connectivity index is 2.39. The second kappa shape index (κ2) is 7.65. The van der Waals surface area contributed by atoms with Gasteiger partial charge < -0.3 is 10.1 Å². The number of benzene rings is 1. The summed E-state index contributed by atoms with van der Waals surface area (Å²) < 4.78 is 5.75. The molecule has 0 fully saturated rings. The Morgan fingerprint density at radius 1 is 1.37 bits per heavy atom. The standard InChI is InChI=1S/C15H22BrNO2/c1-15(2,12-7-4-5-8-13(12)16)11-17-10-6-9-14(18)19-3/h4-5,7-8,17H,6,9-11H2,1-3H3. The first-order valence-electron chi connectivity index (χ1n) is 6.50. The van der Waals surface area contributed by atoms with E-state index in [9.17, 15) is 4.79 Å². The van der Waals surface area contributed by atoms with E-state index < -0.39 is 0 Å². The molecule has 0 aromatic heterocycles. The Morgan fingerprint density at radius 3 is 2.68 bits per heavy atom. The highest BCUT2D eigenvalue weighted by Crippen LogP contribution is 2.29. The van der Waals surface area contributed by atoms with Crippen molar-refractivity contribution < 1.29 is 9.53 Å². The van der Waals surface area contributed by atoms with Crippen LogP contribution in [0.2, 0.25) is 0 Å². The SMILES string of the molecule is COC(=O)CCCNCC(C)(C)c1ccccc1Br. The number of halogens is 1. The fourth-order valence-electron chi connectivity index (χ4n) is 1.97. The molecule has 106 valence electrons. The Labute approximate surface area is 123 Å². The molecule has 0 atom stereocenters. The van der Waals surface area contributed by atoms with Gasteiger partial charge in [-0.05, 0) is 24.6 Å². The van der Waals surface area contributed by atoms with E-state index in [-0.39, 0.29) is 11.4 Å². The van der Waals surface area contributed by atoms with Crippen molar-refractivity contribution in [2.45, 2.75) is 32.1 Å². The van der Waals surface area contributed by atoms with Gasteiger partial charge in [-0.3, -0.25) is 4.79 Å². The summed E-state index contributed by atoms with van der Waals surface area (Å²) >= 11 is 3.59. The Hall–Kier alpha value is -0.870. The molecule has 4 heteroatoms. The Morgan fingerprint density at radius 2 is 2.05 bits per heavy atom. The molecule has 0 aliphatic carbocycles. The summed E-state index contributed by atoms with van der Waals surface area (Å²) in [5, 5.41) is 3.40. The van der Waals surface area contributed by atoms with Crippen molar-refractivity contribution in [2.24, 2.45) is 0 Å². The molecular weight excluding hydrogens is 306 g/mol. The lowest BCUT2D eigenvalue weighted by Gasteiger charge is -2.27. The zero-order valence-electron chi connectivity index (χ0n) is 11.8. The van der Waals surface area contributed by atoms with Gasteiger partial charge in [0.25, 0.3) is 0 Å². The molecule has 0 aliphatic rings. The average molecular weight is 328 g/mol. The second-order valence-electron chi connectivity index (χ2n) is 5.22. The largest absolute Gasteiger partial charge is 0.469 e. The lowest BCUT2D eigenvalue weighted by molar-refractivity contribution is -0.140. The van der Waals surface area contributed by atoms with Crippen molar-refractivity contribution >= 4 is 21.9 Å². The van der Waals surface area contributed by atoms with E-state index in [1.54, 1.807) is 0 Å². The first-order chi connectivity index (χ1) is 8.97. The quantitative estimate of drug-likeness (QED) is 0.617. The van der Waals surface area contributed by atoms with Crippen LogP contribution in [0.4, 0.5) is 0 Å². The lowest BCUT2D eigenvalue weighted by Crippen LogP contribution is -2.34. The molecule has 1 N–H and O–H groups in total. The van der Waals surface area contributed by atoms with E-state index in [0.717, 1.165) is 24.0 Å². The maximum Gasteiger partial charge on any atom is 0.305 e. The minimum absolute atomic E-state index is 0.0470. The van der Waals surface area contributed by atoms with Crippen LogP contribution in [0, 0.1) is 0 Å². The average Bonchev–Trinajstić information content (AvgIpc) is 2.38. The van der Waals surface area contributed by atoms with Crippen LogP contribution in [-0.2, 0) is 14.9 Å². The molecule has 0 amide bonds. The molecule has 0 radical (unpaired) electrons. The van der Waals surface area contributed by atoms with Crippen LogP contribution in [0.1, 0.15) is 32.3 Å². The van der Waals surface area contributed by atoms with Crippen LogP contribution in [0.3, 0.4) is 0 Å². The van der Waals surface area contributed by atoms with Gasteiger partial charge in [-0.1, -0.05) is 48.0 Å². The third-order valence-corrected chi connectivity index (χ3v) is 3.82. The molecular formula is C15H22BrNO2. The van der Waals surface area contributed by atoms with Crippen molar-refractivity contribution in [3.05, 3.63) is 34.3 Å². The van der Waals surface area contributed by atoms with Gasteiger partial charge in [0, 0.05) is 22.9 Å². The molecule has 19 heavy (non-hydrogen) atoms. The fourth-order valence-corrected chi connectivity index (χ4v) is 2.79. The Kier molecular flexibility index (Phi) is 6.52. The predicted octanol–water partition coefficient (Wildman–Crippen LogP) is 3.27. The number of rotatable bonds is 7. The highest BCUT2D eigenvalue weighted by atomic mass is 79.9. The van der Waals surface area contributed by atoms with Gasteiger partial charge in [-0.2, -0.15) is 0 Å². The fraction of sp³-hybridized carbons (Fsp3) is 0.533. The number of hydrogen-bond donors (Lipinski definition) is 1. The van der Waals surface area contributed by atoms with Crippen LogP contribution in [0.15, 0.2) is 28.7 Å². The molecule has 0 spiro atoms. The van der Waals surface area contributed by atoms with Crippen LogP contribution in [-0.4, -0.2) is 26.2 Å². The highest BCUT2D eigenvalue weighted by Gasteiger charge is 2.22.